The second-order valence-corrected chi connectivity index (χ2v) is 5.23. The Morgan fingerprint density at radius 1 is 1.14 bits per heavy atom. The van der Waals surface area contributed by atoms with Gasteiger partial charge in [-0.3, -0.25) is 4.79 Å². The topological polar surface area (TPSA) is 55.8 Å². The van der Waals surface area contributed by atoms with Crippen molar-refractivity contribution in [2.45, 2.75) is 26.4 Å². The fraction of sp³-hybridized carbons (Fsp3) is 0.500. The molecule has 0 spiro atoms. The monoisotopic (exact) mass is 306 g/mol. The summed E-state index contributed by atoms with van der Waals surface area (Å²) in [6.07, 6.45) is -4.89. The van der Waals surface area contributed by atoms with E-state index in [9.17, 15) is 18.0 Å². The fourth-order valence-corrected chi connectivity index (χ4v) is 1.88. The van der Waals surface area contributed by atoms with E-state index in [4.69, 9.17) is 14.6 Å². The number of carboxylic acid groups (broad SMARTS) is 1. The second-order valence-electron chi connectivity index (χ2n) is 5.23. The third-order valence-electron chi connectivity index (χ3n) is 3.13. The van der Waals surface area contributed by atoms with Crippen molar-refractivity contribution in [1.82, 2.24) is 0 Å². The molecule has 0 saturated heterocycles. The number of halogens is 3. The van der Waals surface area contributed by atoms with E-state index in [-0.39, 0.29) is 23.5 Å². The molecule has 7 heteroatoms. The Hall–Kier alpha value is -1.92. The van der Waals surface area contributed by atoms with Crippen LogP contribution < -0.4 is 9.47 Å². The summed E-state index contributed by atoms with van der Waals surface area (Å²) < 4.78 is 49.2. The molecular weight excluding hydrogens is 289 g/mol. The average Bonchev–Trinajstić information content (AvgIpc) is 2.36. The maximum absolute atomic E-state index is 13.1. The van der Waals surface area contributed by atoms with Crippen LogP contribution in [0.15, 0.2) is 12.1 Å². The average molecular weight is 306 g/mol. The fourth-order valence-electron chi connectivity index (χ4n) is 1.88. The Morgan fingerprint density at radius 3 is 2.00 bits per heavy atom. The number of alkyl halides is 3. The Kier molecular flexibility index (Phi) is 4.76. The summed E-state index contributed by atoms with van der Waals surface area (Å²) in [6, 6.07) is 2.00. The van der Waals surface area contributed by atoms with E-state index >= 15 is 0 Å². The first-order chi connectivity index (χ1) is 9.52. The molecule has 4 nitrogen and oxygen atoms in total. The number of hydrogen-bond donors (Lipinski definition) is 1. The minimum atomic E-state index is -4.61. The maximum Gasteiger partial charge on any atom is 0.416 e. The highest BCUT2D eigenvalue weighted by Crippen LogP contribution is 2.41. The van der Waals surface area contributed by atoms with E-state index in [1.54, 1.807) is 0 Å². The van der Waals surface area contributed by atoms with Crippen molar-refractivity contribution in [3.63, 3.8) is 0 Å². The first-order valence-corrected chi connectivity index (χ1v) is 6.08. The third-order valence-corrected chi connectivity index (χ3v) is 3.13. The third kappa shape index (κ3) is 3.80. The molecule has 1 aromatic rings. The van der Waals surface area contributed by atoms with Gasteiger partial charge < -0.3 is 14.6 Å². The van der Waals surface area contributed by atoms with E-state index in [2.05, 4.69) is 0 Å². The standard InChI is InChI=1S/C14H17F3O4/c1-13(2,12(18)19)7-8-5-10(20-3)11(21-4)6-9(8)14(15,16)17/h5-6H,7H2,1-4H3,(H,18,19). The van der Waals surface area contributed by atoms with Gasteiger partial charge in [0.15, 0.2) is 11.5 Å². The highest BCUT2D eigenvalue weighted by Gasteiger charge is 2.37. The van der Waals surface area contributed by atoms with Gasteiger partial charge in [0.25, 0.3) is 0 Å². The van der Waals surface area contributed by atoms with Crippen LogP contribution in [-0.2, 0) is 17.4 Å². The lowest BCUT2D eigenvalue weighted by atomic mass is 9.84. The van der Waals surface area contributed by atoms with Crippen LogP contribution in [0.4, 0.5) is 13.2 Å². The van der Waals surface area contributed by atoms with Crippen molar-refractivity contribution < 1.29 is 32.5 Å². The van der Waals surface area contributed by atoms with Gasteiger partial charge in [0.1, 0.15) is 0 Å². The van der Waals surface area contributed by atoms with Crippen molar-refractivity contribution >= 4 is 5.97 Å². The van der Waals surface area contributed by atoms with Gasteiger partial charge in [-0.1, -0.05) is 0 Å². The molecule has 0 radical (unpaired) electrons. The van der Waals surface area contributed by atoms with Gasteiger partial charge in [-0.05, 0) is 38.0 Å². The number of methoxy groups -OCH3 is 2. The maximum atomic E-state index is 13.1. The number of benzene rings is 1. The molecule has 1 rings (SSSR count). The molecule has 0 unspecified atom stereocenters. The molecule has 21 heavy (non-hydrogen) atoms. The summed E-state index contributed by atoms with van der Waals surface area (Å²) in [4.78, 5) is 11.1. The Morgan fingerprint density at radius 2 is 1.62 bits per heavy atom. The summed E-state index contributed by atoms with van der Waals surface area (Å²) in [7, 11) is 2.54. The Bertz CT molecular complexity index is 536. The lowest BCUT2D eigenvalue weighted by Gasteiger charge is -2.23. The van der Waals surface area contributed by atoms with E-state index in [0.29, 0.717) is 0 Å². The molecule has 0 aromatic heterocycles. The summed E-state index contributed by atoms with van der Waals surface area (Å²) in [6.45, 7) is 2.73. The predicted octanol–water partition coefficient (Wildman–Crippen LogP) is 3.38. The van der Waals surface area contributed by atoms with Crippen molar-refractivity contribution in [3.8, 4) is 11.5 Å². The number of ether oxygens (including phenoxy) is 2. The van der Waals surface area contributed by atoms with Crippen LogP contribution >= 0.6 is 0 Å². The predicted molar refractivity (Wildman–Crippen MR) is 69.7 cm³/mol. The molecule has 0 bridgehead atoms. The lowest BCUT2D eigenvalue weighted by Crippen LogP contribution is -2.27. The van der Waals surface area contributed by atoms with Gasteiger partial charge in [0.05, 0.1) is 25.2 Å². The van der Waals surface area contributed by atoms with E-state index < -0.39 is 23.1 Å². The van der Waals surface area contributed by atoms with E-state index in [1.807, 2.05) is 0 Å². The van der Waals surface area contributed by atoms with Crippen molar-refractivity contribution in [2.24, 2.45) is 5.41 Å². The minimum absolute atomic E-state index is 0.0540. The van der Waals surface area contributed by atoms with Gasteiger partial charge in [-0.25, -0.2) is 0 Å². The van der Waals surface area contributed by atoms with Crippen LogP contribution in [0.1, 0.15) is 25.0 Å². The van der Waals surface area contributed by atoms with Crippen LogP contribution in [0.5, 0.6) is 11.5 Å². The molecule has 0 aliphatic carbocycles. The molecule has 118 valence electrons. The Balaban J connectivity index is 3.44. The molecule has 0 atom stereocenters. The summed E-state index contributed by atoms with van der Waals surface area (Å²) in [5.74, 6) is -1.10. The number of carbonyl (C=O) groups is 1. The van der Waals surface area contributed by atoms with Crippen LogP contribution in [-0.4, -0.2) is 25.3 Å². The number of hydrogen-bond acceptors (Lipinski definition) is 3. The SMILES string of the molecule is COc1cc(CC(C)(C)C(=O)O)c(C(F)(F)F)cc1OC. The number of carboxylic acids is 1. The lowest BCUT2D eigenvalue weighted by molar-refractivity contribution is -0.148. The van der Waals surface area contributed by atoms with E-state index in [1.165, 1.54) is 34.1 Å². The van der Waals surface area contributed by atoms with Crippen LogP contribution in [0.2, 0.25) is 0 Å². The van der Waals surface area contributed by atoms with Crippen LogP contribution in [0, 0.1) is 5.41 Å². The summed E-state index contributed by atoms with van der Waals surface area (Å²) in [5, 5.41) is 9.09. The largest absolute Gasteiger partial charge is 0.493 e. The van der Waals surface area contributed by atoms with Gasteiger partial charge in [0, 0.05) is 0 Å². The quantitative estimate of drug-likeness (QED) is 0.906. The molecule has 0 saturated carbocycles. The molecule has 1 aromatic carbocycles. The normalized spacial score (nSPS) is 12.1. The summed E-state index contributed by atoms with van der Waals surface area (Å²) >= 11 is 0. The van der Waals surface area contributed by atoms with Gasteiger partial charge in [-0.15, -0.1) is 0 Å². The van der Waals surface area contributed by atoms with E-state index in [0.717, 1.165) is 6.07 Å². The first-order valence-electron chi connectivity index (χ1n) is 6.08. The zero-order valence-electron chi connectivity index (χ0n) is 12.2. The summed E-state index contributed by atoms with van der Waals surface area (Å²) in [5.41, 5.74) is -2.40. The molecule has 0 amide bonds. The van der Waals surface area contributed by atoms with Crippen molar-refractivity contribution in [2.75, 3.05) is 14.2 Å². The second kappa shape index (κ2) is 5.83. The van der Waals surface area contributed by atoms with Crippen LogP contribution in [0.3, 0.4) is 0 Å². The molecule has 0 fully saturated rings. The highest BCUT2D eigenvalue weighted by molar-refractivity contribution is 5.74. The first kappa shape index (κ1) is 17.1. The Labute approximate surface area is 120 Å². The van der Waals surface area contributed by atoms with Gasteiger partial charge >= 0.3 is 12.1 Å². The zero-order valence-corrected chi connectivity index (χ0v) is 12.2. The molecule has 0 heterocycles. The molecular formula is C14H17F3O4. The number of aliphatic carboxylic acids is 1. The molecule has 0 aliphatic heterocycles. The van der Waals surface area contributed by atoms with Crippen LogP contribution in [0.25, 0.3) is 0 Å². The smallest absolute Gasteiger partial charge is 0.416 e. The minimum Gasteiger partial charge on any atom is -0.493 e. The molecule has 1 N–H and O–H groups in total. The van der Waals surface area contributed by atoms with Crippen molar-refractivity contribution in [1.29, 1.82) is 0 Å². The molecule has 0 aliphatic rings. The van der Waals surface area contributed by atoms with Gasteiger partial charge in [-0.2, -0.15) is 13.2 Å². The number of rotatable bonds is 5. The van der Waals surface area contributed by atoms with Crippen molar-refractivity contribution in [3.05, 3.63) is 23.3 Å². The zero-order chi connectivity index (χ0) is 16.4. The highest BCUT2D eigenvalue weighted by atomic mass is 19.4. The van der Waals surface area contributed by atoms with Gasteiger partial charge in [0.2, 0.25) is 0 Å².